The number of benzene rings is 2. The van der Waals surface area contributed by atoms with Crippen molar-refractivity contribution in [2.24, 2.45) is 5.92 Å². The number of imidazole rings is 1. The smallest absolute Gasteiger partial charge is 0.239 e. The number of ether oxygens (including phenoxy) is 2. The number of sulfone groups is 1. The molecule has 204 valence electrons. The number of hydrogen-bond acceptors (Lipinski definition) is 8. The Hall–Kier alpha value is -3.99. The second-order valence-electron chi connectivity index (χ2n) is 9.83. The van der Waals surface area contributed by atoms with Crippen molar-refractivity contribution in [3.05, 3.63) is 65.6 Å². The molecule has 9 nitrogen and oxygen atoms in total. The van der Waals surface area contributed by atoms with Gasteiger partial charge in [-0.3, -0.25) is 4.79 Å². The number of aryl methyl sites for hydroxylation is 1. The van der Waals surface area contributed by atoms with Crippen LogP contribution < -0.4 is 14.8 Å². The van der Waals surface area contributed by atoms with Crippen LogP contribution in [0.3, 0.4) is 0 Å². The first-order valence-electron chi connectivity index (χ1n) is 12.6. The lowest BCUT2D eigenvalue weighted by atomic mass is 9.98. The number of fused-ring (bicyclic) bond motifs is 1. The van der Waals surface area contributed by atoms with Crippen LogP contribution in [0.1, 0.15) is 35.2 Å². The highest BCUT2D eigenvalue weighted by Gasteiger charge is 2.25. The van der Waals surface area contributed by atoms with E-state index in [0.717, 1.165) is 24.0 Å². The van der Waals surface area contributed by atoms with Crippen molar-refractivity contribution >= 4 is 27.0 Å². The summed E-state index contributed by atoms with van der Waals surface area (Å²) in [6.45, 7) is 2.05. The Morgan fingerprint density at radius 2 is 1.97 bits per heavy atom. The van der Waals surface area contributed by atoms with Crippen LogP contribution in [-0.2, 0) is 9.84 Å². The highest BCUT2D eigenvalue weighted by atomic mass is 32.2. The molecule has 1 N–H and O–H groups in total. The number of ketones is 1. The minimum absolute atomic E-state index is 0.0789. The van der Waals surface area contributed by atoms with Crippen molar-refractivity contribution in [2.75, 3.05) is 31.0 Å². The number of Topliss-reactive ketones (excluding diaryl/α,β-unsaturated/α-hetero) is 1. The summed E-state index contributed by atoms with van der Waals surface area (Å²) in [5, 5.41) is 7.69. The van der Waals surface area contributed by atoms with Gasteiger partial charge in [-0.15, -0.1) is 5.10 Å². The molecule has 39 heavy (non-hydrogen) atoms. The average Bonchev–Trinajstić information content (AvgIpc) is 3.58. The van der Waals surface area contributed by atoms with E-state index in [2.05, 4.69) is 15.4 Å². The summed E-state index contributed by atoms with van der Waals surface area (Å²) in [4.78, 5) is 17.2. The molecule has 0 spiro atoms. The molecule has 0 aliphatic heterocycles. The molecule has 2 aromatic heterocycles. The minimum atomic E-state index is -3.19. The lowest BCUT2D eigenvalue weighted by Crippen LogP contribution is -2.15. The molecule has 0 unspecified atom stereocenters. The third-order valence-electron chi connectivity index (χ3n) is 6.57. The zero-order valence-corrected chi connectivity index (χ0v) is 22.7. The summed E-state index contributed by atoms with van der Waals surface area (Å²) in [5.74, 6) is 0.422. The number of rotatable bonds is 11. The van der Waals surface area contributed by atoms with E-state index in [9.17, 15) is 17.6 Å². The van der Waals surface area contributed by atoms with Gasteiger partial charge in [0.1, 0.15) is 15.6 Å². The second kappa shape index (κ2) is 10.6. The van der Waals surface area contributed by atoms with Gasteiger partial charge < -0.3 is 14.8 Å². The molecule has 0 amide bonds. The van der Waals surface area contributed by atoms with E-state index in [0.29, 0.717) is 34.9 Å². The molecule has 0 saturated heterocycles. The minimum Gasteiger partial charge on any atom is -0.494 e. The number of methoxy groups -OCH3 is 1. The summed E-state index contributed by atoms with van der Waals surface area (Å²) in [7, 11) is -1.82. The van der Waals surface area contributed by atoms with E-state index < -0.39 is 15.7 Å². The molecule has 0 bridgehead atoms. The predicted molar refractivity (Wildman–Crippen MR) is 146 cm³/mol. The van der Waals surface area contributed by atoms with Gasteiger partial charge in [0.25, 0.3) is 0 Å². The SMILES string of the molecule is COc1ccc(Oc2cc(NCCS(C)(=O)=O)c3ncc(-c4ccc(C(=O)CC5CC5)c(C)c4)n3n2)cc1F. The maximum absolute atomic E-state index is 14.3. The first-order chi connectivity index (χ1) is 18.6. The summed E-state index contributed by atoms with van der Waals surface area (Å²) >= 11 is 0. The number of hydrogen-bond donors (Lipinski definition) is 1. The molecule has 0 atom stereocenters. The van der Waals surface area contributed by atoms with Gasteiger partial charge in [-0.25, -0.2) is 22.3 Å². The van der Waals surface area contributed by atoms with Crippen molar-refractivity contribution in [2.45, 2.75) is 26.2 Å². The van der Waals surface area contributed by atoms with Crippen LogP contribution in [0.15, 0.2) is 48.7 Å². The molecule has 5 rings (SSSR count). The van der Waals surface area contributed by atoms with Gasteiger partial charge in [0.15, 0.2) is 23.0 Å². The second-order valence-corrected chi connectivity index (χ2v) is 12.1. The van der Waals surface area contributed by atoms with Crippen molar-refractivity contribution in [1.29, 1.82) is 0 Å². The Morgan fingerprint density at radius 3 is 2.64 bits per heavy atom. The first-order valence-corrected chi connectivity index (χ1v) is 14.6. The zero-order chi connectivity index (χ0) is 27.7. The summed E-state index contributed by atoms with van der Waals surface area (Å²) in [6.07, 6.45) is 5.63. The molecule has 4 aromatic rings. The number of nitrogens with zero attached hydrogens (tertiary/aromatic N) is 3. The number of aromatic nitrogens is 3. The van der Waals surface area contributed by atoms with Crippen LogP contribution in [0.25, 0.3) is 16.9 Å². The van der Waals surface area contributed by atoms with E-state index in [1.165, 1.54) is 25.5 Å². The van der Waals surface area contributed by atoms with Gasteiger partial charge >= 0.3 is 0 Å². The predicted octanol–water partition coefficient (Wildman–Crippen LogP) is 5.08. The third kappa shape index (κ3) is 6.19. The fourth-order valence-corrected chi connectivity index (χ4v) is 4.83. The molecule has 2 heterocycles. The molecule has 1 saturated carbocycles. The standard InChI is InChI=1S/C28H29FN4O5S/c1-17-12-19(6-8-21(17)25(34)13-18-4-5-18)24-16-31-28-23(30-10-11-39(3,35)36)15-27(32-33(24)28)38-20-7-9-26(37-2)22(29)14-20/h6-9,12,14-16,18,30H,4-5,10-11,13H2,1-3H3. The van der Waals surface area contributed by atoms with E-state index in [-0.39, 0.29) is 35.5 Å². The van der Waals surface area contributed by atoms with Crippen molar-refractivity contribution in [1.82, 2.24) is 14.6 Å². The fraction of sp³-hybridized carbons (Fsp3) is 0.321. The summed E-state index contributed by atoms with van der Waals surface area (Å²) in [6, 6.07) is 11.4. The van der Waals surface area contributed by atoms with Gasteiger partial charge in [0.05, 0.1) is 30.4 Å². The molecule has 1 aliphatic carbocycles. The third-order valence-corrected chi connectivity index (χ3v) is 7.52. The summed E-state index contributed by atoms with van der Waals surface area (Å²) in [5.41, 5.74) is 3.97. The van der Waals surface area contributed by atoms with Crippen LogP contribution in [-0.4, -0.2) is 54.5 Å². The largest absolute Gasteiger partial charge is 0.494 e. The number of nitrogens with one attached hydrogen (secondary N) is 1. The summed E-state index contributed by atoms with van der Waals surface area (Å²) < 4.78 is 50.0. The van der Waals surface area contributed by atoms with Crippen LogP contribution >= 0.6 is 0 Å². The quantitative estimate of drug-likeness (QED) is 0.256. The molecule has 0 radical (unpaired) electrons. The van der Waals surface area contributed by atoms with E-state index in [1.54, 1.807) is 22.8 Å². The van der Waals surface area contributed by atoms with E-state index in [1.807, 2.05) is 25.1 Å². The van der Waals surface area contributed by atoms with Crippen LogP contribution in [0.2, 0.25) is 0 Å². The maximum Gasteiger partial charge on any atom is 0.239 e. The van der Waals surface area contributed by atoms with Crippen LogP contribution in [0.4, 0.5) is 10.1 Å². The fourth-order valence-electron chi connectivity index (χ4n) is 4.36. The van der Waals surface area contributed by atoms with Gasteiger partial charge in [-0.2, -0.15) is 0 Å². The lowest BCUT2D eigenvalue weighted by molar-refractivity contribution is 0.0975. The van der Waals surface area contributed by atoms with Crippen molar-refractivity contribution in [3.8, 4) is 28.6 Å². The van der Waals surface area contributed by atoms with Crippen LogP contribution in [0.5, 0.6) is 17.4 Å². The molecule has 11 heteroatoms. The molecule has 1 fully saturated rings. The van der Waals surface area contributed by atoms with E-state index in [4.69, 9.17) is 9.47 Å². The van der Waals surface area contributed by atoms with Gasteiger partial charge in [0, 0.05) is 42.5 Å². The monoisotopic (exact) mass is 552 g/mol. The average molecular weight is 553 g/mol. The number of halogens is 1. The van der Waals surface area contributed by atoms with Gasteiger partial charge in [-0.1, -0.05) is 12.1 Å². The Balaban J connectivity index is 1.52. The lowest BCUT2D eigenvalue weighted by Gasteiger charge is -2.12. The number of carbonyl (C=O) groups excluding carboxylic acids is 1. The molecular formula is C28H29FN4O5S. The molecular weight excluding hydrogens is 523 g/mol. The Labute approximate surface area is 225 Å². The maximum atomic E-state index is 14.3. The molecule has 1 aliphatic rings. The van der Waals surface area contributed by atoms with Gasteiger partial charge in [-0.05, 0) is 49.4 Å². The van der Waals surface area contributed by atoms with Crippen molar-refractivity contribution < 1.29 is 27.1 Å². The highest BCUT2D eigenvalue weighted by Crippen LogP contribution is 2.35. The topological polar surface area (TPSA) is 112 Å². The van der Waals surface area contributed by atoms with Crippen molar-refractivity contribution in [3.63, 3.8) is 0 Å². The zero-order valence-electron chi connectivity index (χ0n) is 21.9. The Bertz CT molecular complexity index is 1660. The Kier molecular flexibility index (Phi) is 7.26. The first kappa shape index (κ1) is 26.6. The van der Waals surface area contributed by atoms with E-state index >= 15 is 0 Å². The number of carbonyl (C=O) groups is 1. The van der Waals surface area contributed by atoms with Crippen LogP contribution in [0, 0.1) is 18.7 Å². The number of anilines is 1. The highest BCUT2D eigenvalue weighted by molar-refractivity contribution is 7.90. The normalized spacial score (nSPS) is 13.4. The Morgan fingerprint density at radius 1 is 1.18 bits per heavy atom. The van der Waals surface area contributed by atoms with Gasteiger partial charge in [0.2, 0.25) is 5.88 Å². The molecule has 2 aromatic carbocycles.